The van der Waals surface area contributed by atoms with E-state index in [9.17, 15) is 0 Å². The average molecular weight is 278 g/mol. The third-order valence-corrected chi connectivity index (χ3v) is 4.81. The minimum atomic E-state index is 0.227. The molecule has 2 radical (unpaired) electrons. The van der Waals surface area contributed by atoms with Gasteiger partial charge in [0.1, 0.15) is 0 Å². The molecular formula is C14H16BrN. The van der Waals surface area contributed by atoms with Gasteiger partial charge in [-0.05, 0) is 67.8 Å². The molecule has 2 aliphatic rings. The quantitative estimate of drug-likeness (QED) is 0.768. The molecule has 1 aliphatic carbocycles. The van der Waals surface area contributed by atoms with Crippen LogP contribution in [0.2, 0.25) is 0 Å². The smallest absolute Gasteiger partial charge is 0.0215 e. The standard InChI is InChI=1S/C14H16BrN/c1-10-9-14(5-7-16-8-6-14)13-11(10)3-2-4-12(13)15/h1-4,10,16H,5-9H2. The fourth-order valence-corrected chi connectivity index (χ4v) is 4.20. The van der Waals surface area contributed by atoms with Crippen molar-refractivity contribution in [3.63, 3.8) is 0 Å². The second-order valence-corrected chi connectivity index (χ2v) is 5.90. The van der Waals surface area contributed by atoms with Gasteiger partial charge in [-0.15, -0.1) is 0 Å². The van der Waals surface area contributed by atoms with Crippen LogP contribution >= 0.6 is 15.9 Å². The van der Waals surface area contributed by atoms with E-state index in [0.717, 1.165) is 19.5 Å². The Kier molecular flexibility index (Phi) is 2.60. The lowest BCUT2D eigenvalue weighted by molar-refractivity contribution is 0.299. The van der Waals surface area contributed by atoms with Gasteiger partial charge >= 0.3 is 0 Å². The third-order valence-electron chi connectivity index (χ3n) is 4.15. The predicted molar refractivity (Wildman–Crippen MR) is 69.6 cm³/mol. The van der Waals surface area contributed by atoms with Crippen LogP contribution in [0.3, 0.4) is 0 Å². The first-order chi connectivity index (χ1) is 7.73. The Morgan fingerprint density at radius 2 is 2.06 bits per heavy atom. The third kappa shape index (κ3) is 1.46. The Labute approximate surface area is 106 Å². The lowest BCUT2D eigenvalue weighted by atomic mass is 9.74. The summed E-state index contributed by atoms with van der Waals surface area (Å²) in [4.78, 5) is 0. The topological polar surface area (TPSA) is 12.0 Å². The lowest BCUT2D eigenvalue weighted by Crippen LogP contribution is -2.38. The molecule has 1 aliphatic heterocycles. The summed E-state index contributed by atoms with van der Waals surface area (Å²) in [6, 6.07) is 6.45. The van der Waals surface area contributed by atoms with Gasteiger partial charge in [-0.25, -0.2) is 0 Å². The zero-order valence-corrected chi connectivity index (χ0v) is 10.9. The molecule has 16 heavy (non-hydrogen) atoms. The lowest BCUT2D eigenvalue weighted by Gasteiger charge is -2.35. The SMILES string of the molecule is [CH]C1CC2(CCNCC2)c2c(Br)cccc21. The molecule has 1 atom stereocenters. The van der Waals surface area contributed by atoms with Crippen molar-refractivity contribution in [1.82, 2.24) is 5.32 Å². The molecular weight excluding hydrogens is 262 g/mol. The van der Waals surface area contributed by atoms with Crippen LogP contribution in [0.1, 0.15) is 36.3 Å². The number of benzene rings is 1. The fraction of sp³-hybridized carbons (Fsp3) is 0.500. The average Bonchev–Trinajstić information content (AvgIpc) is 2.55. The molecule has 1 nitrogen and oxygen atoms in total. The van der Waals surface area contributed by atoms with Gasteiger partial charge in [-0.3, -0.25) is 0 Å². The zero-order chi connectivity index (χ0) is 11.2. The van der Waals surface area contributed by atoms with Crippen molar-refractivity contribution >= 4 is 15.9 Å². The van der Waals surface area contributed by atoms with Gasteiger partial charge in [-0.1, -0.05) is 28.1 Å². The number of fused-ring (bicyclic) bond motifs is 2. The number of nitrogens with one attached hydrogen (secondary N) is 1. The molecule has 1 saturated heterocycles. The Morgan fingerprint density at radius 1 is 1.31 bits per heavy atom. The van der Waals surface area contributed by atoms with Crippen molar-refractivity contribution < 1.29 is 0 Å². The number of piperidine rings is 1. The molecule has 1 aromatic rings. The highest BCUT2D eigenvalue weighted by Crippen LogP contribution is 2.52. The van der Waals surface area contributed by atoms with E-state index >= 15 is 0 Å². The Balaban J connectivity index is 2.13. The van der Waals surface area contributed by atoms with E-state index < -0.39 is 0 Å². The molecule has 1 aromatic carbocycles. The van der Waals surface area contributed by atoms with E-state index in [-0.39, 0.29) is 5.92 Å². The minimum absolute atomic E-state index is 0.227. The molecule has 0 bridgehead atoms. The van der Waals surface area contributed by atoms with Gasteiger partial charge in [0.15, 0.2) is 0 Å². The number of halogens is 1. The zero-order valence-electron chi connectivity index (χ0n) is 9.30. The number of rotatable bonds is 0. The van der Waals surface area contributed by atoms with Gasteiger partial charge in [0.2, 0.25) is 0 Å². The molecule has 1 N–H and O–H groups in total. The molecule has 3 rings (SSSR count). The Hall–Kier alpha value is -0.340. The van der Waals surface area contributed by atoms with E-state index in [1.807, 2.05) is 0 Å². The summed E-state index contributed by atoms with van der Waals surface area (Å²) in [6.07, 6.45) is 3.55. The van der Waals surface area contributed by atoms with Crippen molar-refractivity contribution in [2.24, 2.45) is 0 Å². The largest absolute Gasteiger partial charge is 0.317 e. The van der Waals surface area contributed by atoms with E-state index in [1.54, 1.807) is 0 Å². The van der Waals surface area contributed by atoms with Crippen molar-refractivity contribution in [2.75, 3.05) is 13.1 Å². The van der Waals surface area contributed by atoms with Crippen LogP contribution in [0.4, 0.5) is 0 Å². The van der Waals surface area contributed by atoms with Crippen LogP contribution in [0.25, 0.3) is 0 Å². The van der Waals surface area contributed by atoms with Crippen LogP contribution in [0, 0.1) is 6.92 Å². The second-order valence-electron chi connectivity index (χ2n) is 5.05. The van der Waals surface area contributed by atoms with Gasteiger partial charge in [0.25, 0.3) is 0 Å². The van der Waals surface area contributed by atoms with E-state index in [0.29, 0.717) is 5.41 Å². The molecule has 2 heteroatoms. The molecule has 1 fully saturated rings. The Bertz CT molecular complexity index is 407. The molecule has 84 valence electrons. The van der Waals surface area contributed by atoms with Crippen LogP contribution in [0.15, 0.2) is 22.7 Å². The van der Waals surface area contributed by atoms with Crippen molar-refractivity contribution in [3.8, 4) is 0 Å². The van der Waals surface area contributed by atoms with E-state index in [2.05, 4.69) is 39.4 Å². The summed E-state index contributed by atoms with van der Waals surface area (Å²) in [6.45, 7) is 8.52. The summed E-state index contributed by atoms with van der Waals surface area (Å²) in [5.74, 6) is 0.227. The molecule has 1 unspecified atom stereocenters. The summed E-state index contributed by atoms with van der Waals surface area (Å²) < 4.78 is 1.25. The number of hydrogen-bond donors (Lipinski definition) is 1. The highest BCUT2D eigenvalue weighted by atomic mass is 79.9. The summed E-state index contributed by atoms with van der Waals surface area (Å²) in [7, 11) is 0. The summed E-state index contributed by atoms with van der Waals surface area (Å²) >= 11 is 3.71. The summed E-state index contributed by atoms with van der Waals surface area (Å²) in [5, 5.41) is 3.44. The first kappa shape index (κ1) is 10.8. The maximum Gasteiger partial charge on any atom is 0.0215 e. The minimum Gasteiger partial charge on any atom is -0.317 e. The highest BCUT2D eigenvalue weighted by molar-refractivity contribution is 9.10. The fourth-order valence-electron chi connectivity index (χ4n) is 3.40. The summed E-state index contributed by atoms with van der Waals surface area (Å²) in [5.41, 5.74) is 3.18. The van der Waals surface area contributed by atoms with Crippen molar-refractivity contribution in [1.29, 1.82) is 0 Å². The predicted octanol–water partition coefficient (Wildman–Crippen LogP) is 3.27. The van der Waals surface area contributed by atoms with Crippen LogP contribution in [0.5, 0.6) is 0 Å². The van der Waals surface area contributed by atoms with Crippen LogP contribution < -0.4 is 5.32 Å². The van der Waals surface area contributed by atoms with E-state index in [4.69, 9.17) is 6.92 Å². The first-order valence-corrected chi connectivity index (χ1v) is 6.77. The van der Waals surface area contributed by atoms with Gasteiger partial charge in [0.05, 0.1) is 0 Å². The molecule has 0 aromatic heterocycles. The highest BCUT2D eigenvalue weighted by Gasteiger charge is 2.43. The second kappa shape index (κ2) is 3.85. The van der Waals surface area contributed by atoms with Crippen molar-refractivity contribution in [3.05, 3.63) is 40.7 Å². The molecule has 0 amide bonds. The maximum atomic E-state index is 6.28. The molecule has 1 spiro atoms. The van der Waals surface area contributed by atoms with Gasteiger partial charge in [-0.2, -0.15) is 0 Å². The Morgan fingerprint density at radius 3 is 2.81 bits per heavy atom. The molecule has 1 heterocycles. The van der Waals surface area contributed by atoms with Crippen LogP contribution in [-0.2, 0) is 5.41 Å². The maximum absolute atomic E-state index is 6.28. The number of hydrogen-bond acceptors (Lipinski definition) is 1. The van der Waals surface area contributed by atoms with Gasteiger partial charge < -0.3 is 5.32 Å². The van der Waals surface area contributed by atoms with E-state index in [1.165, 1.54) is 28.4 Å². The van der Waals surface area contributed by atoms with Crippen LogP contribution in [-0.4, -0.2) is 13.1 Å². The first-order valence-electron chi connectivity index (χ1n) is 5.98. The van der Waals surface area contributed by atoms with Crippen molar-refractivity contribution in [2.45, 2.75) is 30.6 Å². The monoisotopic (exact) mass is 277 g/mol. The molecule has 0 saturated carbocycles. The normalized spacial score (nSPS) is 27.0. The van der Waals surface area contributed by atoms with Gasteiger partial charge in [0, 0.05) is 4.47 Å².